The first-order chi connectivity index (χ1) is 11.3. The number of hydrogen-bond acceptors (Lipinski definition) is 4. The molecule has 0 aromatic heterocycles. The standard InChI is InChI=1S/C18H27N3O2/c22-15-17-7-4-8-21(17)14-18(23)20-11-9-19(10-12-20)13-16-5-2-1-3-6-16/h1-3,5-6,17,22H,4,7-15H2/t17-/m1/s1. The normalized spacial score (nSPS) is 23.3. The van der Waals surface area contributed by atoms with Gasteiger partial charge in [-0.2, -0.15) is 0 Å². The quantitative estimate of drug-likeness (QED) is 0.872. The van der Waals surface area contributed by atoms with Gasteiger partial charge in [0.2, 0.25) is 5.91 Å². The Hall–Kier alpha value is -1.43. The SMILES string of the molecule is O=C(CN1CCC[C@@H]1CO)N1CCN(Cc2ccccc2)CC1. The minimum absolute atomic E-state index is 0.165. The van der Waals surface area contributed by atoms with Gasteiger partial charge in [0, 0.05) is 38.8 Å². The molecule has 2 heterocycles. The fourth-order valence-electron chi connectivity index (χ4n) is 3.58. The molecule has 0 aliphatic carbocycles. The maximum Gasteiger partial charge on any atom is 0.236 e. The highest BCUT2D eigenvalue weighted by atomic mass is 16.3. The largest absolute Gasteiger partial charge is 0.395 e. The van der Waals surface area contributed by atoms with E-state index in [9.17, 15) is 9.90 Å². The molecule has 2 saturated heterocycles. The summed E-state index contributed by atoms with van der Waals surface area (Å²) in [7, 11) is 0. The van der Waals surface area contributed by atoms with Crippen molar-refractivity contribution in [1.82, 2.24) is 14.7 Å². The van der Waals surface area contributed by atoms with Crippen LogP contribution >= 0.6 is 0 Å². The molecule has 1 atom stereocenters. The van der Waals surface area contributed by atoms with E-state index in [4.69, 9.17) is 0 Å². The van der Waals surface area contributed by atoms with Gasteiger partial charge in [-0.15, -0.1) is 0 Å². The minimum atomic E-state index is 0.165. The first-order valence-electron chi connectivity index (χ1n) is 8.65. The van der Waals surface area contributed by atoms with E-state index in [1.807, 2.05) is 11.0 Å². The van der Waals surface area contributed by atoms with Gasteiger partial charge in [-0.1, -0.05) is 30.3 Å². The van der Waals surface area contributed by atoms with E-state index >= 15 is 0 Å². The Morgan fingerprint density at radius 2 is 1.83 bits per heavy atom. The highest BCUT2D eigenvalue weighted by Gasteiger charge is 2.28. The summed E-state index contributed by atoms with van der Waals surface area (Å²) in [5.41, 5.74) is 1.33. The zero-order valence-corrected chi connectivity index (χ0v) is 13.7. The van der Waals surface area contributed by atoms with Crippen molar-refractivity contribution in [2.24, 2.45) is 0 Å². The second-order valence-corrected chi connectivity index (χ2v) is 6.59. The number of rotatable bonds is 5. The van der Waals surface area contributed by atoms with Gasteiger partial charge in [0.25, 0.3) is 0 Å². The van der Waals surface area contributed by atoms with Gasteiger partial charge in [0.05, 0.1) is 13.2 Å². The maximum absolute atomic E-state index is 12.5. The molecule has 0 unspecified atom stereocenters. The second kappa shape index (κ2) is 7.90. The van der Waals surface area contributed by atoms with Crippen molar-refractivity contribution in [2.75, 3.05) is 45.9 Å². The molecule has 5 heteroatoms. The van der Waals surface area contributed by atoms with Gasteiger partial charge in [-0.05, 0) is 24.9 Å². The third kappa shape index (κ3) is 4.31. The van der Waals surface area contributed by atoms with Crippen molar-refractivity contribution in [3.8, 4) is 0 Å². The average molecular weight is 317 g/mol. The van der Waals surface area contributed by atoms with E-state index in [0.29, 0.717) is 6.54 Å². The van der Waals surface area contributed by atoms with Crippen molar-refractivity contribution in [3.63, 3.8) is 0 Å². The van der Waals surface area contributed by atoms with Crippen molar-refractivity contribution in [3.05, 3.63) is 35.9 Å². The molecule has 2 fully saturated rings. The second-order valence-electron chi connectivity index (χ2n) is 6.59. The van der Waals surface area contributed by atoms with Crippen LogP contribution in [0.3, 0.4) is 0 Å². The summed E-state index contributed by atoms with van der Waals surface area (Å²) >= 11 is 0. The fourth-order valence-corrected chi connectivity index (χ4v) is 3.58. The summed E-state index contributed by atoms with van der Waals surface area (Å²) in [6.07, 6.45) is 2.10. The first kappa shape index (κ1) is 16.4. The Bertz CT molecular complexity index is 500. The monoisotopic (exact) mass is 317 g/mol. The Morgan fingerprint density at radius 1 is 1.09 bits per heavy atom. The van der Waals surface area contributed by atoms with Crippen LogP contribution in [0.4, 0.5) is 0 Å². The lowest BCUT2D eigenvalue weighted by Crippen LogP contribution is -2.51. The molecule has 3 rings (SSSR count). The lowest BCUT2D eigenvalue weighted by atomic mass is 10.2. The Morgan fingerprint density at radius 3 is 2.52 bits per heavy atom. The Balaban J connectivity index is 1.44. The Kier molecular flexibility index (Phi) is 5.65. The van der Waals surface area contributed by atoms with Crippen LogP contribution in [0.25, 0.3) is 0 Å². The highest BCUT2D eigenvalue weighted by molar-refractivity contribution is 5.78. The maximum atomic E-state index is 12.5. The topological polar surface area (TPSA) is 47.0 Å². The molecular formula is C18H27N3O2. The smallest absolute Gasteiger partial charge is 0.236 e. The number of aliphatic hydroxyl groups is 1. The van der Waals surface area contributed by atoms with Crippen LogP contribution in [0.15, 0.2) is 30.3 Å². The number of carbonyl (C=O) groups is 1. The van der Waals surface area contributed by atoms with E-state index in [1.54, 1.807) is 0 Å². The number of piperazine rings is 1. The van der Waals surface area contributed by atoms with E-state index in [1.165, 1.54) is 5.56 Å². The number of likely N-dealkylation sites (tertiary alicyclic amines) is 1. The molecule has 0 bridgehead atoms. The van der Waals surface area contributed by atoms with E-state index < -0.39 is 0 Å². The zero-order valence-electron chi connectivity index (χ0n) is 13.7. The van der Waals surface area contributed by atoms with Gasteiger partial charge in [0.15, 0.2) is 0 Å². The van der Waals surface area contributed by atoms with E-state index in [0.717, 1.165) is 52.1 Å². The molecule has 1 N–H and O–H groups in total. The van der Waals surface area contributed by atoms with E-state index in [2.05, 4.69) is 34.1 Å². The lowest BCUT2D eigenvalue weighted by molar-refractivity contribution is -0.134. The first-order valence-corrected chi connectivity index (χ1v) is 8.65. The van der Waals surface area contributed by atoms with Crippen LogP contribution in [-0.2, 0) is 11.3 Å². The molecule has 0 radical (unpaired) electrons. The molecule has 5 nitrogen and oxygen atoms in total. The molecule has 0 spiro atoms. The summed E-state index contributed by atoms with van der Waals surface area (Å²) in [6.45, 7) is 6.01. The predicted molar refractivity (Wildman–Crippen MR) is 90.0 cm³/mol. The van der Waals surface area contributed by atoms with Gasteiger partial charge in [-0.25, -0.2) is 0 Å². The molecule has 1 aromatic carbocycles. The number of benzene rings is 1. The molecule has 1 aromatic rings. The summed E-state index contributed by atoms with van der Waals surface area (Å²) in [5, 5.41) is 9.36. The van der Waals surface area contributed by atoms with Gasteiger partial charge in [0.1, 0.15) is 0 Å². The molecular weight excluding hydrogens is 290 g/mol. The van der Waals surface area contributed by atoms with Gasteiger partial charge >= 0.3 is 0 Å². The molecule has 2 aliphatic heterocycles. The van der Waals surface area contributed by atoms with Crippen molar-refractivity contribution < 1.29 is 9.90 Å². The number of aliphatic hydroxyl groups excluding tert-OH is 1. The third-order valence-corrected chi connectivity index (χ3v) is 5.02. The molecule has 2 aliphatic rings. The number of amides is 1. The van der Waals surface area contributed by atoms with Crippen LogP contribution in [-0.4, -0.2) is 77.6 Å². The van der Waals surface area contributed by atoms with Crippen LogP contribution in [0.5, 0.6) is 0 Å². The summed E-state index contributed by atoms with van der Waals surface area (Å²) in [6, 6.07) is 10.7. The Labute approximate surface area is 138 Å². The summed E-state index contributed by atoms with van der Waals surface area (Å²) in [5.74, 6) is 0.213. The van der Waals surface area contributed by atoms with Crippen molar-refractivity contribution in [1.29, 1.82) is 0 Å². The average Bonchev–Trinajstić information content (AvgIpc) is 3.03. The summed E-state index contributed by atoms with van der Waals surface area (Å²) in [4.78, 5) is 19.0. The van der Waals surface area contributed by atoms with E-state index in [-0.39, 0.29) is 18.6 Å². The van der Waals surface area contributed by atoms with Crippen LogP contribution in [0.1, 0.15) is 18.4 Å². The van der Waals surface area contributed by atoms with Crippen LogP contribution in [0.2, 0.25) is 0 Å². The number of nitrogens with zero attached hydrogens (tertiary/aromatic N) is 3. The highest BCUT2D eigenvalue weighted by Crippen LogP contribution is 2.17. The van der Waals surface area contributed by atoms with Crippen LogP contribution < -0.4 is 0 Å². The summed E-state index contributed by atoms with van der Waals surface area (Å²) < 4.78 is 0. The minimum Gasteiger partial charge on any atom is -0.395 e. The fraction of sp³-hybridized carbons (Fsp3) is 0.611. The number of hydrogen-bond donors (Lipinski definition) is 1. The number of carbonyl (C=O) groups excluding carboxylic acids is 1. The third-order valence-electron chi connectivity index (χ3n) is 5.02. The van der Waals surface area contributed by atoms with Crippen LogP contribution in [0, 0.1) is 0 Å². The van der Waals surface area contributed by atoms with Crippen molar-refractivity contribution >= 4 is 5.91 Å². The van der Waals surface area contributed by atoms with Gasteiger partial charge < -0.3 is 10.0 Å². The zero-order chi connectivity index (χ0) is 16.1. The lowest BCUT2D eigenvalue weighted by Gasteiger charge is -2.36. The molecule has 0 saturated carbocycles. The van der Waals surface area contributed by atoms with Gasteiger partial charge in [-0.3, -0.25) is 14.6 Å². The molecule has 1 amide bonds. The molecule has 23 heavy (non-hydrogen) atoms. The molecule has 126 valence electrons. The predicted octanol–water partition coefficient (Wildman–Crippen LogP) is 0.788. The van der Waals surface area contributed by atoms with Crippen molar-refractivity contribution in [2.45, 2.75) is 25.4 Å².